The number of hydrogen-bond donors (Lipinski definition) is 1. The fraction of sp³-hybridized carbons (Fsp3) is 0.269. The predicted molar refractivity (Wildman–Crippen MR) is 142 cm³/mol. The van der Waals surface area contributed by atoms with Gasteiger partial charge in [-0.05, 0) is 57.5 Å². The summed E-state index contributed by atoms with van der Waals surface area (Å²) in [6.07, 6.45) is -5.83. The van der Waals surface area contributed by atoms with Crippen molar-refractivity contribution >= 4 is 50.2 Å². The molecule has 3 aromatic heterocycles. The van der Waals surface area contributed by atoms with Crippen LogP contribution in [0.5, 0.6) is 0 Å². The lowest BCUT2D eigenvalue weighted by Gasteiger charge is -2.21. The summed E-state index contributed by atoms with van der Waals surface area (Å²) in [6, 6.07) is 8.83. The number of aliphatic hydroxyl groups is 1. The maximum atomic E-state index is 13.8. The molecule has 8 nitrogen and oxygen atoms in total. The third-order valence-corrected chi connectivity index (χ3v) is 8.15. The van der Waals surface area contributed by atoms with E-state index in [0.717, 1.165) is 12.3 Å². The Labute approximate surface area is 237 Å². The molecule has 1 aromatic carbocycles. The van der Waals surface area contributed by atoms with Gasteiger partial charge in [0.1, 0.15) is 22.6 Å². The largest absolute Gasteiger partial charge is 0.456 e. The third kappa shape index (κ3) is 5.53. The average Bonchev–Trinajstić information content (AvgIpc) is 3.24. The molecule has 1 atom stereocenters. The van der Waals surface area contributed by atoms with Crippen molar-refractivity contribution in [1.29, 1.82) is 0 Å². The summed E-state index contributed by atoms with van der Waals surface area (Å²) in [5, 5.41) is 10.8. The summed E-state index contributed by atoms with van der Waals surface area (Å²) in [7, 11) is -4.63. The highest BCUT2D eigenvalue weighted by Crippen LogP contribution is 2.40. The van der Waals surface area contributed by atoms with Crippen LogP contribution < -0.4 is 0 Å². The number of rotatable bonds is 5. The van der Waals surface area contributed by atoms with E-state index >= 15 is 0 Å². The van der Waals surface area contributed by atoms with Gasteiger partial charge in [0, 0.05) is 17.1 Å². The SMILES string of the molecule is Cc1cc(C(F)(F)F)nc2c1cc(C(O)c1c(Cl)ncc(C(=O)OC(C)(C)C)c1Cl)n2S(=O)(=O)c1ccccc1. The van der Waals surface area contributed by atoms with E-state index in [4.69, 9.17) is 27.9 Å². The maximum Gasteiger partial charge on any atom is 0.433 e. The standard InChI is InChI=1S/C26H22Cl2F3N3O5S/c1-13-10-18(26(29,30)31)33-23-15(13)11-17(34(23)40(37,38)14-8-6-5-7-9-14)21(35)19-20(27)16(12-32-22(19)28)24(36)39-25(2,3)4/h5-12,21,35H,1-4H3. The lowest BCUT2D eigenvalue weighted by molar-refractivity contribution is -0.141. The molecule has 0 aliphatic heterocycles. The van der Waals surface area contributed by atoms with Gasteiger partial charge in [0.05, 0.1) is 21.2 Å². The molecule has 3 heterocycles. The molecule has 0 aliphatic carbocycles. The molecule has 0 saturated heterocycles. The van der Waals surface area contributed by atoms with Gasteiger partial charge in [-0.2, -0.15) is 13.2 Å². The zero-order chi connectivity index (χ0) is 29.8. The number of fused-ring (bicyclic) bond motifs is 1. The molecule has 0 spiro atoms. The Balaban J connectivity index is 2.04. The highest BCUT2D eigenvalue weighted by atomic mass is 35.5. The van der Waals surface area contributed by atoms with E-state index in [9.17, 15) is 31.5 Å². The van der Waals surface area contributed by atoms with Crippen LogP contribution in [-0.2, 0) is 20.9 Å². The number of aromatic nitrogens is 3. The fourth-order valence-corrected chi connectivity index (χ4v) is 6.08. The van der Waals surface area contributed by atoms with Crippen LogP contribution in [0.3, 0.4) is 0 Å². The molecule has 0 saturated carbocycles. The van der Waals surface area contributed by atoms with Gasteiger partial charge in [0.2, 0.25) is 0 Å². The lowest BCUT2D eigenvalue weighted by atomic mass is 10.1. The van der Waals surface area contributed by atoms with Gasteiger partial charge in [-0.15, -0.1) is 0 Å². The maximum absolute atomic E-state index is 13.8. The second kappa shape index (κ2) is 10.3. The van der Waals surface area contributed by atoms with Crippen LogP contribution >= 0.6 is 23.2 Å². The van der Waals surface area contributed by atoms with E-state index in [1.165, 1.54) is 37.3 Å². The molecule has 212 valence electrons. The molecule has 0 bridgehead atoms. The van der Waals surface area contributed by atoms with Crippen molar-refractivity contribution in [3.8, 4) is 0 Å². The topological polar surface area (TPSA) is 111 Å². The minimum atomic E-state index is -4.89. The second-order valence-corrected chi connectivity index (χ2v) is 12.3. The van der Waals surface area contributed by atoms with Gasteiger partial charge in [0.25, 0.3) is 10.0 Å². The Morgan fingerprint density at radius 2 is 1.73 bits per heavy atom. The number of halogens is 5. The Morgan fingerprint density at radius 3 is 2.30 bits per heavy atom. The first-order valence-electron chi connectivity index (χ1n) is 11.6. The summed E-state index contributed by atoms with van der Waals surface area (Å²) in [5.41, 5.74) is -3.81. The van der Waals surface area contributed by atoms with Gasteiger partial charge in [-0.3, -0.25) is 0 Å². The molecule has 0 fully saturated rings. The molecule has 0 radical (unpaired) electrons. The number of carbonyl (C=O) groups excluding carboxylic acids is 1. The number of ether oxygens (including phenoxy) is 1. The van der Waals surface area contributed by atoms with Crippen molar-refractivity contribution in [2.24, 2.45) is 0 Å². The molecule has 14 heteroatoms. The van der Waals surface area contributed by atoms with Crippen LogP contribution in [0.1, 0.15) is 59.7 Å². The zero-order valence-electron chi connectivity index (χ0n) is 21.4. The van der Waals surface area contributed by atoms with Gasteiger partial charge >= 0.3 is 12.1 Å². The molecule has 0 aliphatic rings. The van der Waals surface area contributed by atoms with E-state index in [0.29, 0.717) is 3.97 Å². The highest BCUT2D eigenvalue weighted by molar-refractivity contribution is 7.90. The first-order chi connectivity index (χ1) is 18.4. The van der Waals surface area contributed by atoms with Crippen LogP contribution in [0, 0.1) is 6.92 Å². The minimum absolute atomic E-state index is 0.0186. The smallest absolute Gasteiger partial charge is 0.433 e. The molecule has 40 heavy (non-hydrogen) atoms. The number of nitrogens with zero attached hydrogens (tertiary/aromatic N) is 3. The van der Waals surface area contributed by atoms with E-state index < -0.39 is 50.9 Å². The summed E-state index contributed by atoms with van der Waals surface area (Å²) < 4.78 is 74.5. The van der Waals surface area contributed by atoms with Crippen molar-refractivity contribution in [2.75, 3.05) is 0 Å². The van der Waals surface area contributed by atoms with Gasteiger partial charge in [-0.1, -0.05) is 41.4 Å². The number of aliphatic hydroxyl groups excluding tert-OH is 1. The minimum Gasteiger partial charge on any atom is -0.456 e. The van der Waals surface area contributed by atoms with E-state index in [2.05, 4.69) is 9.97 Å². The quantitative estimate of drug-likeness (QED) is 0.206. The molecule has 4 aromatic rings. The summed E-state index contributed by atoms with van der Waals surface area (Å²) >= 11 is 12.7. The lowest BCUT2D eigenvalue weighted by Crippen LogP contribution is -2.24. The van der Waals surface area contributed by atoms with Crippen molar-refractivity contribution in [3.05, 3.63) is 86.9 Å². The van der Waals surface area contributed by atoms with Crippen molar-refractivity contribution in [2.45, 2.75) is 50.5 Å². The van der Waals surface area contributed by atoms with Crippen molar-refractivity contribution in [1.82, 2.24) is 13.9 Å². The summed E-state index contributed by atoms with van der Waals surface area (Å²) in [4.78, 5) is 20.0. The number of carbonyl (C=O) groups is 1. The number of hydrogen-bond acceptors (Lipinski definition) is 7. The van der Waals surface area contributed by atoms with Gasteiger partial charge < -0.3 is 9.84 Å². The number of esters is 1. The molecular weight excluding hydrogens is 594 g/mol. The zero-order valence-corrected chi connectivity index (χ0v) is 23.7. The first kappa shape index (κ1) is 29.8. The van der Waals surface area contributed by atoms with Crippen LogP contribution in [0.2, 0.25) is 10.2 Å². The average molecular weight is 616 g/mol. The molecule has 4 rings (SSSR count). The van der Waals surface area contributed by atoms with Crippen LogP contribution in [0.15, 0.2) is 53.6 Å². The number of pyridine rings is 2. The number of benzene rings is 1. The third-order valence-electron chi connectivity index (χ3n) is 5.71. The van der Waals surface area contributed by atoms with Gasteiger partial charge in [-0.25, -0.2) is 27.2 Å². The van der Waals surface area contributed by atoms with E-state index in [-0.39, 0.29) is 37.1 Å². The fourth-order valence-electron chi connectivity index (χ4n) is 3.95. The Kier molecular flexibility index (Phi) is 7.69. The van der Waals surface area contributed by atoms with Crippen LogP contribution in [0.4, 0.5) is 13.2 Å². The summed E-state index contributed by atoms with van der Waals surface area (Å²) in [5.74, 6) is -0.889. The van der Waals surface area contributed by atoms with Crippen LogP contribution in [-0.4, -0.2) is 39.0 Å². The molecule has 0 amide bonds. The van der Waals surface area contributed by atoms with Crippen molar-refractivity contribution in [3.63, 3.8) is 0 Å². The predicted octanol–water partition coefficient (Wildman–Crippen LogP) is 6.34. The molecule has 1 unspecified atom stereocenters. The Bertz CT molecular complexity index is 1730. The monoisotopic (exact) mass is 615 g/mol. The van der Waals surface area contributed by atoms with Crippen LogP contribution in [0.25, 0.3) is 11.0 Å². The number of aryl methyl sites for hydroxylation is 1. The second-order valence-electron chi connectivity index (χ2n) is 9.81. The van der Waals surface area contributed by atoms with Crippen molar-refractivity contribution < 1.29 is 36.2 Å². The number of alkyl halides is 3. The normalized spacial score (nSPS) is 13.4. The summed E-state index contributed by atoms with van der Waals surface area (Å²) in [6.45, 7) is 6.21. The van der Waals surface area contributed by atoms with E-state index in [1.807, 2.05) is 0 Å². The Morgan fingerprint density at radius 1 is 1.10 bits per heavy atom. The molecule has 1 N–H and O–H groups in total. The highest BCUT2D eigenvalue weighted by Gasteiger charge is 2.37. The first-order valence-corrected chi connectivity index (χ1v) is 13.8. The molecular formula is C26H22Cl2F3N3O5S. The van der Waals surface area contributed by atoms with Gasteiger partial charge in [0.15, 0.2) is 5.65 Å². The Hall–Kier alpha value is -3.19. The van der Waals surface area contributed by atoms with E-state index in [1.54, 1.807) is 26.8 Å².